The van der Waals surface area contributed by atoms with E-state index in [-0.39, 0.29) is 13.2 Å². The van der Waals surface area contributed by atoms with Crippen LogP contribution in [-0.2, 0) is 30.4 Å². The van der Waals surface area contributed by atoms with Crippen molar-refractivity contribution in [3.8, 4) is 0 Å². The van der Waals surface area contributed by atoms with Crippen molar-refractivity contribution < 1.29 is 26.9 Å². The predicted molar refractivity (Wildman–Crippen MR) is 94.6 cm³/mol. The molecule has 0 saturated heterocycles. The lowest BCUT2D eigenvalue weighted by Gasteiger charge is -2.30. The van der Waals surface area contributed by atoms with Gasteiger partial charge in [-0.2, -0.15) is 8.42 Å². The Bertz CT molecular complexity index is 639. The second-order valence-electron chi connectivity index (χ2n) is 6.74. The van der Waals surface area contributed by atoms with Gasteiger partial charge in [-0.05, 0) is 33.3 Å². The normalized spacial score (nSPS) is 14.6. The Morgan fingerprint density at radius 2 is 1.80 bits per heavy atom. The molecule has 0 saturated carbocycles. The second kappa shape index (κ2) is 9.17. The van der Waals surface area contributed by atoms with E-state index < -0.39 is 34.0 Å². The molecule has 0 aliphatic rings. The van der Waals surface area contributed by atoms with E-state index >= 15 is 0 Å². The van der Waals surface area contributed by atoms with Gasteiger partial charge in [0.1, 0.15) is 6.61 Å². The zero-order valence-corrected chi connectivity index (χ0v) is 16.1. The minimum Gasteiger partial charge on any atom is -0.445 e. The Kier molecular flexibility index (Phi) is 7.85. The van der Waals surface area contributed by atoms with Gasteiger partial charge >= 0.3 is 6.09 Å². The fourth-order valence-electron chi connectivity index (χ4n) is 2.05. The van der Waals surface area contributed by atoms with E-state index in [0.29, 0.717) is 0 Å². The summed E-state index contributed by atoms with van der Waals surface area (Å²) in [5.74, 6) is 0. The van der Waals surface area contributed by atoms with E-state index in [1.807, 2.05) is 51.1 Å². The van der Waals surface area contributed by atoms with Crippen molar-refractivity contribution in [1.29, 1.82) is 0 Å². The zero-order valence-electron chi connectivity index (χ0n) is 15.3. The lowest BCUT2D eigenvalue weighted by atomic mass is 10.1. The first-order chi connectivity index (χ1) is 11.5. The number of nitrogens with one attached hydrogen (secondary N) is 1. The molecular formula is C17H27NO6S. The van der Waals surface area contributed by atoms with Gasteiger partial charge in [0.05, 0.1) is 30.6 Å². The van der Waals surface area contributed by atoms with Gasteiger partial charge in [-0.1, -0.05) is 30.3 Å². The van der Waals surface area contributed by atoms with Gasteiger partial charge in [0.15, 0.2) is 0 Å². The monoisotopic (exact) mass is 373 g/mol. The molecule has 1 rings (SSSR count). The van der Waals surface area contributed by atoms with Crippen LogP contribution in [0.1, 0.15) is 33.3 Å². The highest BCUT2D eigenvalue weighted by Crippen LogP contribution is 2.14. The van der Waals surface area contributed by atoms with Crippen LogP contribution in [0.2, 0.25) is 0 Å². The molecule has 0 fully saturated rings. The summed E-state index contributed by atoms with van der Waals surface area (Å²) >= 11 is 0. The fraction of sp³-hybridized carbons (Fsp3) is 0.588. The van der Waals surface area contributed by atoms with Crippen molar-refractivity contribution in [1.82, 2.24) is 5.32 Å². The number of carbonyl (C=O) groups is 1. The van der Waals surface area contributed by atoms with Crippen LogP contribution in [0.15, 0.2) is 30.3 Å². The topological polar surface area (TPSA) is 90.9 Å². The average Bonchev–Trinajstić information content (AvgIpc) is 2.47. The number of hydrogen-bond donors (Lipinski definition) is 1. The number of benzene rings is 1. The largest absolute Gasteiger partial charge is 0.445 e. The van der Waals surface area contributed by atoms with Crippen molar-refractivity contribution in [3.63, 3.8) is 0 Å². The number of carbonyl (C=O) groups excluding carboxylic acids is 1. The Balaban J connectivity index is 2.65. The second-order valence-corrected chi connectivity index (χ2v) is 8.38. The molecule has 0 aliphatic heterocycles. The van der Waals surface area contributed by atoms with Crippen LogP contribution < -0.4 is 5.32 Å². The Labute approximate surface area is 149 Å². The van der Waals surface area contributed by atoms with Crippen LogP contribution in [-0.4, -0.2) is 45.1 Å². The maximum absolute atomic E-state index is 12.0. The molecule has 0 aromatic heterocycles. The summed E-state index contributed by atoms with van der Waals surface area (Å²) in [4.78, 5) is 12.0. The quantitative estimate of drug-likeness (QED) is 0.704. The van der Waals surface area contributed by atoms with Crippen LogP contribution >= 0.6 is 0 Å². The van der Waals surface area contributed by atoms with E-state index in [1.54, 1.807) is 6.92 Å². The molecule has 2 atom stereocenters. The van der Waals surface area contributed by atoms with Crippen LogP contribution in [0.4, 0.5) is 4.79 Å². The maximum Gasteiger partial charge on any atom is 0.407 e. The predicted octanol–water partition coefficient (Wildman–Crippen LogP) is 2.46. The van der Waals surface area contributed by atoms with Crippen molar-refractivity contribution in [2.75, 3.05) is 12.9 Å². The fourth-order valence-corrected chi connectivity index (χ4v) is 2.44. The number of ether oxygens (including phenoxy) is 2. The molecule has 142 valence electrons. The molecule has 25 heavy (non-hydrogen) atoms. The minimum absolute atomic E-state index is 0.112. The third-order valence-corrected chi connectivity index (χ3v) is 3.65. The standard InChI is InChI=1S/C17H27NO6S/c1-13(24-17(2,3)4)15(12-23-25(5,20)21)18-16(19)22-11-14-9-7-6-8-10-14/h6-10,13,15H,11-12H2,1-5H3,(H,18,19). The summed E-state index contributed by atoms with van der Waals surface area (Å²) in [5, 5.41) is 2.61. The molecular weight excluding hydrogens is 346 g/mol. The van der Waals surface area contributed by atoms with Gasteiger partial charge in [-0.25, -0.2) is 4.79 Å². The van der Waals surface area contributed by atoms with Crippen molar-refractivity contribution >= 4 is 16.2 Å². The highest BCUT2D eigenvalue weighted by Gasteiger charge is 2.26. The van der Waals surface area contributed by atoms with Crippen molar-refractivity contribution in [2.45, 2.75) is 52.0 Å². The third kappa shape index (κ3) is 10.1. The molecule has 1 N–H and O–H groups in total. The zero-order chi connectivity index (χ0) is 19.1. The molecule has 0 heterocycles. The lowest BCUT2D eigenvalue weighted by Crippen LogP contribution is -2.48. The Morgan fingerprint density at radius 3 is 2.32 bits per heavy atom. The SMILES string of the molecule is CC(OC(C)(C)C)C(COS(C)(=O)=O)NC(=O)OCc1ccccc1. The molecule has 0 spiro atoms. The van der Waals surface area contributed by atoms with Crippen molar-refractivity contribution in [3.05, 3.63) is 35.9 Å². The average molecular weight is 373 g/mol. The molecule has 1 amide bonds. The molecule has 0 aliphatic carbocycles. The molecule has 0 bridgehead atoms. The molecule has 2 unspecified atom stereocenters. The maximum atomic E-state index is 12.0. The van der Waals surface area contributed by atoms with Gasteiger partial charge in [0, 0.05) is 0 Å². The summed E-state index contributed by atoms with van der Waals surface area (Å²) in [7, 11) is -3.64. The number of amides is 1. The summed E-state index contributed by atoms with van der Waals surface area (Å²) in [6.07, 6.45) is -0.200. The van der Waals surface area contributed by atoms with Crippen LogP contribution in [0.3, 0.4) is 0 Å². The summed E-state index contributed by atoms with van der Waals surface area (Å²) < 4.78 is 38.2. The first-order valence-corrected chi connectivity index (χ1v) is 9.77. The molecule has 0 radical (unpaired) electrons. The summed E-state index contributed by atoms with van der Waals surface area (Å²) in [6, 6.07) is 8.55. The molecule has 1 aromatic rings. The van der Waals surface area contributed by atoms with Gasteiger partial charge in [0.2, 0.25) is 0 Å². The molecule has 7 nitrogen and oxygen atoms in total. The van der Waals surface area contributed by atoms with Gasteiger partial charge in [0.25, 0.3) is 10.1 Å². The first kappa shape index (κ1) is 21.4. The summed E-state index contributed by atoms with van der Waals surface area (Å²) in [6.45, 7) is 7.21. The number of hydrogen-bond acceptors (Lipinski definition) is 6. The third-order valence-electron chi connectivity index (χ3n) is 3.08. The van der Waals surface area contributed by atoms with Crippen LogP contribution in [0, 0.1) is 0 Å². The van der Waals surface area contributed by atoms with Gasteiger partial charge < -0.3 is 14.8 Å². The number of rotatable bonds is 8. The van der Waals surface area contributed by atoms with Crippen molar-refractivity contribution in [2.24, 2.45) is 0 Å². The van der Waals surface area contributed by atoms with E-state index in [1.165, 1.54) is 0 Å². The van der Waals surface area contributed by atoms with Crippen LogP contribution in [0.25, 0.3) is 0 Å². The minimum atomic E-state index is -3.64. The van der Waals surface area contributed by atoms with Gasteiger partial charge in [-0.15, -0.1) is 0 Å². The highest BCUT2D eigenvalue weighted by atomic mass is 32.2. The number of alkyl carbamates (subject to hydrolysis) is 1. The van der Waals surface area contributed by atoms with Gasteiger partial charge in [-0.3, -0.25) is 4.18 Å². The van der Waals surface area contributed by atoms with E-state index in [0.717, 1.165) is 11.8 Å². The van der Waals surface area contributed by atoms with E-state index in [9.17, 15) is 13.2 Å². The van der Waals surface area contributed by atoms with E-state index in [2.05, 4.69) is 5.32 Å². The van der Waals surface area contributed by atoms with E-state index in [4.69, 9.17) is 13.7 Å². The lowest BCUT2D eigenvalue weighted by molar-refractivity contribution is -0.0706. The highest BCUT2D eigenvalue weighted by molar-refractivity contribution is 7.85. The first-order valence-electron chi connectivity index (χ1n) is 7.96. The Morgan fingerprint density at radius 1 is 1.20 bits per heavy atom. The summed E-state index contributed by atoms with van der Waals surface area (Å²) in [5.41, 5.74) is 0.388. The smallest absolute Gasteiger partial charge is 0.407 e. The van der Waals surface area contributed by atoms with Crippen LogP contribution in [0.5, 0.6) is 0 Å². The molecule has 1 aromatic carbocycles. The Hall–Kier alpha value is -1.64. The molecule has 8 heteroatoms.